The predicted octanol–water partition coefficient (Wildman–Crippen LogP) is 11.9. The summed E-state index contributed by atoms with van der Waals surface area (Å²) in [5.41, 5.74) is 0. The van der Waals surface area contributed by atoms with Crippen LogP contribution in [0.4, 0.5) is 0 Å². The molecule has 0 saturated heterocycles. The second-order valence-corrected chi connectivity index (χ2v) is 13.2. The summed E-state index contributed by atoms with van der Waals surface area (Å²) >= 11 is 9.22. The molecule has 0 amide bonds. The Hall–Kier alpha value is 0.263. The molecule has 7 heteroatoms. The van der Waals surface area contributed by atoms with Crippen molar-refractivity contribution in [2.45, 2.75) is 206 Å². The average Bonchev–Trinajstić information content (AvgIpc) is 3.04. The number of unbranched alkanes of at least 4 members (excludes halogenated alkanes) is 28. The van der Waals surface area contributed by atoms with Crippen LogP contribution in [0, 0.1) is 0 Å². The Bertz CT molecular complexity index is 518. The Kier molecular flexibility index (Phi) is 51.2. The van der Waals surface area contributed by atoms with Gasteiger partial charge in [0.05, 0.1) is 13.2 Å². The number of hydrogen-bond donors (Lipinski definition) is 0. The van der Waals surface area contributed by atoms with Crippen LogP contribution in [0.2, 0.25) is 0 Å². The molecule has 0 rings (SSSR count). The zero-order valence-corrected chi connectivity index (χ0v) is 34.8. The summed E-state index contributed by atoms with van der Waals surface area (Å²) < 4.78 is 9.92. The van der Waals surface area contributed by atoms with Crippen LogP contribution in [-0.2, 0) is 63.8 Å². The first kappa shape index (κ1) is 49.6. The number of carbonyl (C=O) groups is 2. The van der Waals surface area contributed by atoms with Gasteiger partial charge >= 0.3 is 19.5 Å². The van der Waals surface area contributed by atoms with Gasteiger partial charge in [0, 0.05) is 0 Å². The second-order valence-electron chi connectivity index (χ2n) is 12.6. The quantitative estimate of drug-likeness (QED) is 0.0285. The normalized spacial score (nSPS) is 10.6. The predicted molar refractivity (Wildman–Crippen MR) is 196 cm³/mol. The third-order valence-electron chi connectivity index (χ3n) is 8.26. The van der Waals surface area contributed by atoms with Crippen molar-refractivity contribution in [2.24, 2.45) is 0 Å². The van der Waals surface area contributed by atoms with Crippen LogP contribution < -0.4 is 0 Å². The van der Waals surface area contributed by atoms with Crippen LogP contribution in [0.25, 0.3) is 0 Å². The molecule has 0 aliphatic heterocycles. The number of hydrogen-bond acceptors (Lipinski definition) is 6. The van der Waals surface area contributed by atoms with E-state index in [0.29, 0.717) is 13.2 Å². The third-order valence-corrected chi connectivity index (χ3v) is 8.73. The molecule has 0 fully saturated rings. The van der Waals surface area contributed by atoms with Gasteiger partial charge in [-0.2, -0.15) is 0 Å². The van der Waals surface area contributed by atoms with E-state index in [2.05, 4.69) is 39.1 Å². The van der Waals surface area contributed by atoms with Crippen molar-refractivity contribution in [2.75, 3.05) is 24.7 Å². The number of carbonyl (C=O) groups excluding carboxylic acids is 2. The van der Waals surface area contributed by atoms with Crippen LogP contribution in [0.1, 0.15) is 206 Å². The molecule has 0 heterocycles. The van der Waals surface area contributed by atoms with Crippen molar-refractivity contribution in [1.82, 2.24) is 0 Å². The molecule has 0 spiro atoms. The maximum atomic E-state index is 10.8. The molecule has 0 aromatic heterocycles. The largest absolute Gasteiger partial charge is 2.00 e. The first-order chi connectivity index (χ1) is 21.6. The Morgan fingerprint density at radius 3 is 0.711 bits per heavy atom. The molecule has 0 radical (unpaired) electrons. The second kappa shape index (κ2) is 46.4. The third kappa shape index (κ3) is 48.8. The molecule has 0 atom stereocenters. The summed E-state index contributed by atoms with van der Waals surface area (Å²) in [5, 5.41) is 0. The van der Waals surface area contributed by atoms with E-state index >= 15 is 0 Å². The molecule has 0 aromatic carbocycles. The topological polar surface area (TPSA) is 52.6 Å². The van der Waals surface area contributed by atoms with Gasteiger partial charge in [-0.1, -0.05) is 205 Å². The van der Waals surface area contributed by atoms with Crippen molar-refractivity contribution in [3.05, 3.63) is 0 Å². The molecule has 45 heavy (non-hydrogen) atoms. The van der Waals surface area contributed by atoms with Crippen LogP contribution in [-0.4, -0.2) is 36.7 Å². The summed E-state index contributed by atoms with van der Waals surface area (Å²) in [6.07, 6.45) is 40.5. The van der Waals surface area contributed by atoms with E-state index < -0.39 is 0 Å². The van der Waals surface area contributed by atoms with Crippen molar-refractivity contribution in [3.63, 3.8) is 0 Å². The van der Waals surface area contributed by atoms with Gasteiger partial charge in [0.15, 0.2) is 0 Å². The van der Waals surface area contributed by atoms with Crippen molar-refractivity contribution < 1.29 is 38.5 Å². The van der Waals surface area contributed by atoms with Crippen LogP contribution >= 0.6 is 0 Å². The molecule has 264 valence electrons. The minimum atomic E-state index is -0.250. The van der Waals surface area contributed by atoms with E-state index in [9.17, 15) is 9.59 Å². The van der Waals surface area contributed by atoms with E-state index in [0.717, 1.165) is 12.8 Å². The molecule has 0 N–H and O–H groups in total. The van der Waals surface area contributed by atoms with Gasteiger partial charge < -0.3 is 34.7 Å². The fourth-order valence-electron chi connectivity index (χ4n) is 5.40. The maximum Gasteiger partial charge on any atom is 2.00 e. The van der Waals surface area contributed by atoms with Crippen LogP contribution in [0.5, 0.6) is 0 Å². The Morgan fingerprint density at radius 2 is 0.533 bits per heavy atom. The zero-order valence-electron chi connectivity index (χ0n) is 30.2. The van der Waals surface area contributed by atoms with Gasteiger partial charge in [-0.3, -0.25) is 9.59 Å². The fourth-order valence-corrected chi connectivity index (χ4v) is 5.57. The van der Waals surface area contributed by atoms with Gasteiger partial charge in [-0.05, 0) is 12.8 Å². The van der Waals surface area contributed by atoms with Crippen molar-refractivity contribution >= 4 is 37.2 Å². The van der Waals surface area contributed by atoms with E-state index in [1.54, 1.807) is 0 Å². The first-order valence-corrected chi connectivity index (χ1v) is 20.2. The summed E-state index contributed by atoms with van der Waals surface area (Å²) in [4.78, 5) is 21.7. The zero-order chi connectivity index (χ0) is 32.6. The van der Waals surface area contributed by atoms with Gasteiger partial charge in [0.25, 0.3) is 11.9 Å². The first-order valence-electron chi connectivity index (χ1n) is 19.1. The fraction of sp³-hybridized carbons (Fsp3) is 0.947. The summed E-state index contributed by atoms with van der Waals surface area (Å²) in [7, 11) is 0. The summed E-state index contributed by atoms with van der Waals surface area (Å²) in [6.45, 7) is 5.65. The summed E-state index contributed by atoms with van der Waals surface area (Å²) in [6, 6.07) is 0. The Labute approximate surface area is 305 Å². The van der Waals surface area contributed by atoms with E-state index in [1.165, 1.54) is 180 Å². The van der Waals surface area contributed by atoms with Gasteiger partial charge in [-0.15, -0.1) is 0 Å². The molecule has 0 aromatic rings. The maximum absolute atomic E-state index is 10.8. The summed E-state index contributed by atoms with van der Waals surface area (Å²) in [5.74, 6) is -0.335. The van der Waals surface area contributed by atoms with Crippen LogP contribution in [0.3, 0.4) is 0 Å². The molecule has 0 aliphatic carbocycles. The monoisotopic (exact) mass is 722 g/mol. The molecular formula is C38H74O4S2Zn. The number of ether oxygens (including phenoxy) is 2. The SMILES string of the molecule is CCCCCCCCCCCCCCCCCOC(=O)C[S-].CCCCCCCCCCCCCCCCCOC(=O)C[S-].[Zn+2]. The molecule has 0 unspecified atom stereocenters. The van der Waals surface area contributed by atoms with E-state index in [1.807, 2.05) is 0 Å². The molecule has 4 nitrogen and oxygen atoms in total. The molecule has 0 saturated carbocycles. The standard InChI is InChI=1S/2C19H38O2S.Zn/c2*1-2-3-4-5-6-7-8-9-10-11-12-13-14-15-16-17-21-19(20)18-22;/h2*22H,2-18H2,1H3;/q;;+2/p-2. The van der Waals surface area contributed by atoms with Crippen molar-refractivity contribution in [3.8, 4) is 0 Å². The smallest absolute Gasteiger partial charge is 0.782 e. The van der Waals surface area contributed by atoms with E-state index in [4.69, 9.17) is 9.47 Å². The minimum Gasteiger partial charge on any atom is -0.782 e. The average molecular weight is 725 g/mol. The van der Waals surface area contributed by atoms with Gasteiger partial charge in [0.2, 0.25) is 0 Å². The number of rotatable bonds is 34. The van der Waals surface area contributed by atoms with E-state index in [-0.39, 0.29) is 42.9 Å². The molecular weight excluding hydrogens is 650 g/mol. The molecule has 0 bridgehead atoms. The van der Waals surface area contributed by atoms with Gasteiger partial charge in [0.1, 0.15) is 0 Å². The Morgan fingerprint density at radius 1 is 0.356 bits per heavy atom. The van der Waals surface area contributed by atoms with Crippen LogP contribution in [0.15, 0.2) is 0 Å². The van der Waals surface area contributed by atoms with Crippen molar-refractivity contribution in [1.29, 1.82) is 0 Å². The molecule has 0 aliphatic rings. The minimum absolute atomic E-state index is 0. The Balaban J connectivity index is -0.000000767. The number of esters is 2. The van der Waals surface area contributed by atoms with Gasteiger partial charge in [-0.25, -0.2) is 0 Å².